The molecule has 0 atom stereocenters. The molecule has 0 aliphatic carbocycles. The van der Waals surface area contributed by atoms with Gasteiger partial charge in [-0.05, 0) is 11.6 Å². The molecule has 0 spiro atoms. The van der Waals surface area contributed by atoms with Gasteiger partial charge in [-0.25, -0.2) is 4.39 Å². The van der Waals surface area contributed by atoms with Crippen LogP contribution in [0.5, 0.6) is 11.5 Å². The molecule has 0 saturated carbocycles. The third kappa shape index (κ3) is 6.60. The molecule has 0 heterocycles. The lowest BCUT2D eigenvalue weighted by Gasteiger charge is -2.13. The molecule has 162 valence electrons. The fourth-order valence-electron chi connectivity index (χ4n) is 2.52. The molecule has 2 aromatic rings. The van der Waals surface area contributed by atoms with E-state index in [9.17, 15) is 19.3 Å². The predicted octanol–water partition coefficient (Wildman–Crippen LogP) is 3.43. The zero-order valence-corrected chi connectivity index (χ0v) is 17.5. The Kier molecular flexibility index (Phi) is 9.36. The van der Waals surface area contributed by atoms with Gasteiger partial charge in [0.1, 0.15) is 18.0 Å². The average molecular weight is 438 g/mol. The van der Waals surface area contributed by atoms with E-state index in [-0.39, 0.29) is 41.7 Å². The van der Waals surface area contributed by atoms with Crippen molar-refractivity contribution in [1.82, 2.24) is 5.32 Å². The first-order valence-corrected chi connectivity index (χ1v) is 10.2. The molecule has 30 heavy (non-hydrogen) atoms. The van der Waals surface area contributed by atoms with E-state index in [0.29, 0.717) is 23.7 Å². The van der Waals surface area contributed by atoms with Gasteiger partial charge in [0.25, 0.3) is 11.6 Å². The summed E-state index contributed by atoms with van der Waals surface area (Å²) in [5.74, 6) is 0.460. The summed E-state index contributed by atoms with van der Waals surface area (Å²) in [5, 5.41) is 14.1. The Morgan fingerprint density at radius 2 is 1.97 bits per heavy atom. The number of thioether (sulfide) groups is 1. The second-order valence-electron chi connectivity index (χ2n) is 6.02. The standard InChI is InChI=1S/C20H23FN2O6S/c1-27-8-9-29-19-12-17(23(25)26)15(11-18(19)28-2)20(24)22-7-10-30-13-14-5-3-4-6-16(14)21/h3-6,11-12H,7-10,13H2,1-2H3,(H,22,24). The molecule has 0 bridgehead atoms. The van der Waals surface area contributed by atoms with Crippen LogP contribution in [0.3, 0.4) is 0 Å². The normalized spacial score (nSPS) is 10.5. The van der Waals surface area contributed by atoms with Crippen molar-refractivity contribution in [3.05, 3.63) is 63.5 Å². The SMILES string of the molecule is COCCOc1cc([N+](=O)[O-])c(C(=O)NCCSCc2ccccc2F)cc1OC. The second kappa shape index (κ2) is 12.0. The van der Waals surface area contributed by atoms with Crippen LogP contribution < -0.4 is 14.8 Å². The van der Waals surface area contributed by atoms with Crippen molar-refractivity contribution in [3.63, 3.8) is 0 Å². The number of hydrogen-bond donors (Lipinski definition) is 1. The molecule has 0 fully saturated rings. The van der Waals surface area contributed by atoms with Crippen molar-refractivity contribution in [1.29, 1.82) is 0 Å². The lowest BCUT2D eigenvalue weighted by atomic mass is 10.1. The molecule has 0 aliphatic rings. The highest BCUT2D eigenvalue weighted by atomic mass is 32.2. The number of benzene rings is 2. The largest absolute Gasteiger partial charge is 0.493 e. The summed E-state index contributed by atoms with van der Waals surface area (Å²) < 4.78 is 29.1. The fraction of sp³-hybridized carbons (Fsp3) is 0.350. The van der Waals surface area contributed by atoms with Gasteiger partial charge in [-0.15, -0.1) is 0 Å². The zero-order chi connectivity index (χ0) is 21.9. The smallest absolute Gasteiger partial charge is 0.286 e. The van der Waals surface area contributed by atoms with Crippen LogP contribution in [0.2, 0.25) is 0 Å². The molecule has 0 aliphatic heterocycles. The van der Waals surface area contributed by atoms with Gasteiger partial charge in [0.15, 0.2) is 11.5 Å². The quantitative estimate of drug-likeness (QED) is 0.308. The molecule has 1 amide bonds. The van der Waals surface area contributed by atoms with Crippen LogP contribution >= 0.6 is 11.8 Å². The van der Waals surface area contributed by atoms with Gasteiger partial charge in [0.05, 0.1) is 24.7 Å². The highest BCUT2D eigenvalue weighted by Gasteiger charge is 2.24. The van der Waals surface area contributed by atoms with Crippen molar-refractivity contribution in [2.24, 2.45) is 0 Å². The predicted molar refractivity (Wildman–Crippen MR) is 112 cm³/mol. The van der Waals surface area contributed by atoms with Crippen LogP contribution in [0.25, 0.3) is 0 Å². The minimum atomic E-state index is -0.648. The molecule has 8 nitrogen and oxygen atoms in total. The molecule has 0 radical (unpaired) electrons. The van der Waals surface area contributed by atoms with Crippen molar-refractivity contribution < 1.29 is 28.3 Å². The van der Waals surface area contributed by atoms with Gasteiger partial charge in [-0.1, -0.05) is 18.2 Å². The highest BCUT2D eigenvalue weighted by Crippen LogP contribution is 2.34. The van der Waals surface area contributed by atoms with Crippen LogP contribution in [0.1, 0.15) is 15.9 Å². The maximum Gasteiger partial charge on any atom is 0.286 e. The maximum absolute atomic E-state index is 13.6. The van der Waals surface area contributed by atoms with Gasteiger partial charge in [-0.2, -0.15) is 11.8 Å². The van der Waals surface area contributed by atoms with Crippen molar-refractivity contribution in [3.8, 4) is 11.5 Å². The monoisotopic (exact) mass is 438 g/mol. The van der Waals surface area contributed by atoms with Gasteiger partial charge in [-0.3, -0.25) is 14.9 Å². The summed E-state index contributed by atoms with van der Waals surface area (Å²) in [6.45, 7) is 0.738. The van der Waals surface area contributed by atoms with Gasteiger partial charge >= 0.3 is 0 Å². The fourth-order valence-corrected chi connectivity index (χ4v) is 3.36. The van der Waals surface area contributed by atoms with E-state index in [1.165, 1.54) is 38.1 Å². The molecule has 2 aromatic carbocycles. The van der Waals surface area contributed by atoms with E-state index in [4.69, 9.17) is 14.2 Å². The van der Waals surface area contributed by atoms with E-state index >= 15 is 0 Å². The number of nitrogens with zero attached hydrogens (tertiary/aromatic N) is 1. The Bertz CT molecular complexity index is 880. The lowest BCUT2D eigenvalue weighted by Crippen LogP contribution is -2.26. The summed E-state index contributed by atoms with van der Waals surface area (Å²) in [6, 6.07) is 8.92. The summed E-state index contributed by atoms with van der Waals surface area (Å²) in [6.07, 6.45) is 0. The minimum Gasteiger partial charge on any atom is -0.493 e. The Balaban J connectivity index is 1.99. The summed E-state index contributed by atoms with van der Waals surface area (Å²) >= 11 is 1.44. The number of carbonyl (C=O) groups excluding carboxylic acids is 1. The molecule has 1 N–H and O–H groups in total. The van der Waals surface area contributed by atoms with E-state index in [1.54, 1.807) is 18.2 Å². The third-order valence-corrected chi connectivity index (χ3v) is 5.02. The number of nitro benzene ring substituents is 1. The molecule has 0 saturated heterocycles. The maximum atomic E-state index is 13.6. The zero-order valence-electron chi connectivity index (χ0n) is 16.7. The number of methoxy groups -OCH3 is 2. The lowest BCUT2D eigenvalue weighted by molar-refractivity contribution is -0.385. The third-order valence-electron chi connectivity index (χ3n) is 4.02. The number of amides is 1. The van der Waals surface area contributed by atoms with E-state index in [2.05, 4.69) is 5.32 Å². The topological polar surface area (TPSA) is 99.9 Å². The van der Waals surface area contributed by atoms with Crippen LogP contribution in [0.15, 0.2) is 36.4 Å². The van der Waals surface area contributed by atoms with Crippen molar-refractivity contribution in [2.75, 3.05) is 39.7 Å². The van der Waals surface area contributed by atoms with Crippen LogP contribution in [0.4, 0.5) is 10.1 Å². The van der Waals surface area contributed by atoms with E-state index < -0.39 is 10.8 Å². The van der Waals surface area contributed by atoms with Gasteiger partial charge < -0.3 is 19.5 Å². The first kappa shape index (κ1) is 23.4. The molecular formula is C20H23FN2O6S. The molecule has 2 rings (SSSR count). The number of hydrogen-bond acceptors (Lipinski definition) is 7. The van der Waals surface area contributed by atoms with Crippen LogP contribution in [-0.2, 0) is 10.5 Å². The van der Waals surface area contributed by atoms with E-state index in [0.717, 1.165) is 6.07 Å². The second-order valence-corrected chi connectivity index (χ2v) is 7.12. The summed E-state index contributed by atoms with van der Waals surface area (Å²) in [7, 11) is 2.89. The van der Waals surface area contributed by atoms with Gasteiger partial charge in [0.2, 0.25) is 0 Å². The number of rotatable bonds is 12. The number of ether oxygens (including phenoxy) is 3. The molecule has 0 unspecified atom stereocenters. The highest BCUT2D eigenvalue weighted by molar-refractivity contribution is 7.98. The molecular weight excluding hydrogens is 415 g/mol. The first-order chi connectivity index (χ1) is 14.5. The Morgan fingerprint density at radius 1 is 1.20 bits per heavy atom. The average Bonchev–Trinajstić information content (AvgIpc) is 2.74. The summed E-state index contributed by atoms with van der Waals surface area (Å²) in [4.78, 5) is 23.3. The van der Waals surface area contributed by atoms with E-state index in [1.807, 2.05) is 0 Å². The summed E-state index contributed by atoms with van der Waals surface area (Å²) in [5.41, 5.74) is 0.0630. The first-order valence-electron chi connectivity index (χ1n) is 9.05. The number of nitro groups is 1. The Morgan fingerprint density at radius 3 is 2.63 bits per heavy atom. The molecule has 0 aromatic heterocycles. The van der Waals surface area contributed by atoms with Gasteiger partial charge in [0, 0.05) is 31.2 Å². The Labute approximate surface area is 177 Å². The Hall–Kier alpha value is -2.85. The van der Waals surface area contributed by atoms with Crippen LogP contribution in [-0.4, -0.2) is 50.6 Å². The van der Waals surface area contributed by atoms with Crippen LogP contribution in [0, 0.1) is 15.9 Å². The number of nitrogens with one attached hydrogen (secondary N) is 1. The number of halogens is 1. The number of carbonyl (C=O) groups is 1. The minimum absolute atomic E-state index is 0.130. The van der Waals surface area contributed by atoms with Crippen molar-refractivity contribution in [2.45, 2.75) is 5.75 Å². The van der Waals surface area contributed by atoms with Crippen molar-refractivity contribution >= 4 is 23.4 Å². The molecule has 10 heteroatoms.